The van der Waals surface area contributed by atoms with Gasteiger partial charge in [-0.1, -0.05) is 12.1 Å². The fourth-order valence-corrected chi connectivity index (χ4v) is 2.72. The van der Waals surface area contributed by atoms with Crippen molar-refractivity contribution in [1.29, 1.82) is 0 Å². The lowest BCUT2D eigenvalue weighted by atomic mass is 10.1. The van der Waals surface area contributed by atoms with E-state index in [1.165, 1.54) is 4.90 Å². The minimum absolute atomic E-state index is 0.0197. The Morgan fingerprint density at radius 2 is 1.73 bits per heavy atom. The van der Waals surface area contributed by atoms with Crippen molar-refractivity contribution in [3.05, 3.63) is 35.4 Å². The van der Waals surface area contributed by atoms with Crippen molar-refractivity contribution in [1.82, 2.24) is 10.2 Å². The predicted octanol–water partition coefficient (Wildman–Crippen LogP) is 0.828. The zero-order valence-corrected chi connectivity index (χ0v) is 14.1. The first-order chi connectivity index (χ1) is 10.1. The number of sulfone groups is 1. The van der Waals surface area contributed by atoms with E-state index < -0.39 is 9.84 Å². The molecule has 0 spiro atoms. The van der Waals surface area contributed by atoms with E-state index in [9.17, 15) is 18.0 Å². The average Bonchev–Trinajstić information content (AvgIpc) is 2.35. The largest absolute Gasteiger partial charge is 0.352 e. The summed E-state index contributed by atoms with van der Waals surface area (Å²) in [4.78, 5) is 25.2. The van der Waals surface area contributed by atoms with E-state index in [0.29, 0.717) is 11.1 Å². The number of hydrogen-bond acceptors (Lipinski definition) is 4. The highest BCUT2D eigenvalue weighted by atomic mass is 32.2. The lowest BCUT2D eigenvalue weighted by Gasteiger charge is -2.18. The van der Waals surface area contributed by atoms with Gasteiger partial charge in [-0.15, -0.1) is 0 Å². The second-order valence-electron chi connectivity index (χ2n) is 5.65. The first-order valence-electron chi connectivity index (χ1n) is 6.90. The minimum atomic E-state index is -3.10. The quantitative estimate of drug-likeness (QED) is 0.839. The van der Waals surface area contributed by atoms with Crippen molar-refractivity contribution in [3.63, 3.8) is 0 Å². The number of carbonyl (C=O) groups excluding carboxylic acids is 2. The average molecular weight is 326 g/mol. The number of nitrogens with one attached hydrogen (secondary N) is 1. The molecule has 1 N–H and O–H groups in total. The van der Waals surface area contributed by atoms with Gasteiger partial charge in [0.2, 0.25) is 5.91 Å². The topological polar surface area (TPSA) is 83.6 Å². The summed E-state index contributed by atoms with van der Waals surface area (Å²) in [6, 6.07) is 6.37. The standard InChI is InChI=1S/C15H22N2O4S/c1-11(2)16-14(18)9-17(3)15(19)13-7-5-12(6-8-13)10-22(4,20)21/h5-8,11H,9-10H2,1-4H3,(H,16,18). The van der Waals surface area contributed by atoms with E-state index >= 15 is 0 Å². The summed E-state index contributed by atoms with van der Waals surface area (Å²) in [6.45, 7) is 3.67. The van der Waals surface area contributed by atoms with Crippen LogP contribution in [0.15, 0.2) is 24.3 Å². The molecule has 1 aromatic rings. The Balaban J connectivity index is 2.71. The van der Waals surface area contributed by atoms with Crippen LogP contribution in [0.1, 0.15) is 29.8 Å². The Hall–Kier alpha value is -1.89. The van der Waals surface area contributed by atoms with Gasteiger partial charge < -0.3 is 10.2 Å². The second kappa shape index (κ2) is 7.40. The smallest absolute Gasteiger partial charge is 0.254 e. The van der Waals surface area contributed by atoms with E-state index in [0.717, 1.165) is 6.26 Å². The Kier molecular flexibility index (Phi) is 6.11. The number of rotatable bonds is 6. The summed E-state index contributed by atoms with van der Waals surface area (Å²) < 4.78 is 22.4. The third-order valence-electron chi connectivity index (χ3n) is 2.81. The fraction of sp³-hybridized carbons (Fsp3) is 0.467. The normalized spacial score (nSPS) is 11.3. The molecule has 1 aromatic carbocycles. The van der Waals surface area contributed by atoms with Crippen LogP contribution in [0.2, 0.25) is 0 Å². The summed E-state index contributed by atoms with van der Waals surface area (Å²) in [5.41, 5.74) is 1.04. The molecule has 0 fully saturated rings. The Labute approximate surface area is 131 Å². The Morgan fingerprint density at radius 3 is 2.18 bits per heavy atom. The first-order valence-corrected chi connectivity index (χ1v) is 8.96. The van der Waals surface area contributed by atoms with Crippen molar-refractivity contribution in [3.8, 4) is 0 Å². The molecule has 0 aliphatic rings. The van der Waals surface area contributed by atoms with Gasteiger partial charge in [-0.25, -0.2) is 8.42 Å². The molecule has 6 nitrogen and oxygen atoms in total. The summed E-state index contributed by atoms with van der Waals surface area (Å²) in [7, 11) is -1.55. The number of benzene rings is 1. The molecule has 0 aliphatic carbocycles. The zero-order valence-electron chi connectivity index (χ0n) is 13.3. The number of amides is 2. The van der Waals surface area contributed by atoms with Crippen molar-refractivity contribution in [2.45, 2.75) is 25.6 Å². The SMILES string of the molecule is CC(C)NC(=O)CN(C)C(=O)c1ccc(CS(C)(=O)=O)cc1. The summed E-state index contributed by atoms with van der Waals surface area (Å²) >= 11 is 0. The van der Waals surface area contributed by atoms with Crippen molar-refractivity contribution >= 4 is 21.7 Å². The Bertz CT molecular complexity index is 636. The van der Waals surface area contributed by atoms with Crippen LogP contribution >= 0.6 is 0 Å². The molecule has 0 aliphatic heterocycles. The second-order valence-corrected chi connectivity index (χ2v) is 7.79. The van der Waals surface area contributed by atoms with Crippen LogP contribution < -0.4 is 5.32 Å². The van der Waals surface area contributed by atoms with Crippen LogP contribution in [-0.2, 0) is 20.4 Å². The highest BCUT2D eigenvalue weighted by Crippen LogP contribution is 2.09. The summed E-state index contributed by atoms with van der Waals surface area (Å²) in [5.74, 6) is -0.571. The van der Waals surface area contributed by atoms with Crippen molar-refractivity contribution in [2.24, 2.45) is 0 Å². The predicted molar refractivity (Wildman–Crippen MR) is 85.2 cm³/mol. The fourth-order valence-electron chi connectivity index (χ4n) is 1.92. The Morgan fingerprint density at radius 1 is 1.18 bits per heavy atom. The number of hydrogen-bond donors (Lipinski definition) is 1. The van der Waals surface area contributed by atoms with Gasteiger partial charge in [0.1, 0.15) is 0 Å². The van der Waals surface area contributed by atoms with Gasteiger partial charge in [-0.2, -0.15) is 0 Å². The molecular weight excluding hydrogens is 304 g/mol. The first kappa shape index (κ1) is 18.2. The maximum Gasteiger partial charge on any atom is 0.254 e. The third kappa shape index (κ3) is 6.26. The van der Waals surface area contributed by atoms with Gasteiger partial charge in [0.05, 0.1) is 12.3 Å². The van der Waals surface area contributed by atoms with Crippen LogP contribution in [-0.4, -0.2) is 51.0 Å². The van der Waals surface area contributed by atoms with E-state index in [1.54, 1.807) is 31.3 Å². The lowest BCUT2D eigenvalue weighted by molar-refractivity contribution is -0.122. The molecule has 22 heavy (non-hydrogen) atoms. The molecule has 0 saturated heterocycles. The molecule has 0 bridgehead atoms. The van der Waals surface area contributed by atoms with Gasteiger partial charge in [0.15, 0.2) is 9.84 Å². The number of nitrogens with zero attached hydrogens (tertiary/aromatic N) is 1. The van der Waals surface area contributed by atoms with Gasteiger partial charge in [0, 0.05) is 24.9 Å². The molecule has 2 amide bonds. The monoisotopic (exact) mass is 326 g/mol. The summed E-state index contributed by atoms with van der Waals surface area (Å²) in [6.07, 6.45) is 1.16. The van der Waals surface area contributed by atoms with Crippen LogP contribution in [0, 0.1) is 0 Å². The van der Waals surface area contributed by atoms with Gasteiger partial charge in [-0.3, -0.25) is 9.59 Å². The maximum absolute atomic E-state index is 12.2. The molecule has 122 valence electrons. The molecule has 7 heteroatoms. The van der Waals surface area contributed by atoms with Crippen LogP contribution in [0.25, 0.3) is 0 Å². The molecule has 0 aromatic heterocycles. The zero-order chi connectivity index (χ0) is 16.9. The van der Waals surface area contributed by atoms with Crippen LogP contribution in [0.5, 0.6) is 0 Å². The molecule has 1 rings (SSSR count). The lowest BCUT2D eigenvalue weighted by Crippen LogP contribution is -2.40. The molecule has 0 radical (unpaired) electrons. The van der Waals surface area contributed by atoms with E-state index in [2.05, 4.69) is 5.32 Å². The summed E-state index contributed by atoms with van der Waals surface area (Å²) in [5, 5.41) is 2.72. The van der Waals surface area contributed by atoms with Crippen molar-refractivity contribution < 1.29 is 18.0 Å². The third-order valence-corrected chi connectivity index (χ3v) is 3.66. The van der Waals surface area contributed by atoms with E-state index in [1.807, 2.05) is 13.8 Å². The van der Waals surface area contributed by atoms with Crippen molar-refractivity contribution in [2.75, 3.05) is 19.8 Å². The minimum Gasteiger partial charge on any atom is -0.352 e. The van der Waals surface area contributed by atoms with Gasteiger partial charge >= 0.3 is 0 Å². The molecular formula is C15H22N2O4S. The number of carbonyl (C=O) groups is 2. The van der Waals surface area contributed by atoms with Gasteiger partial charge in [0.25, 0.3) is 5.91 Å². The molecule has 0 saturated carbocycles. The molecule has 0 heterocycles. The van der Waals surface area contributed by atoms with Crippen LogP contribution in [0.4, 0.5) is 0 Å². The van der Waals surface area contributed by atoms with Crippen LogP contribution in [0.3, 0.4) is 0 Å². The van der Waals surface area contributed by atoms with E-state index in [4.69, 9.17) is 0 Å². The molecule has 0 atom stereocenters. The molecule has 0 unspecified atom stereocenters. The van der Waals surface area contributed by atoms with E-state index in [-0.39, 0.29) is 30.2 Å². The number of likely N-dealkylation sites (N-methyl/N-ethyl adjacent to an activating group) is 1. The highest BCUT2D eigenvalue weighted by molar-refractivity contribution is 7.89. The van der Waals surface area contributed by atoms with Gasteiger partial charge in [-0.05, 0) is 31.5 Å². The maximum atomic E-state index is 12.2. The highest BCUT2D eigenvalue weighted by Gasteiger charge is 2.15.